The Bertz CT molecular complexity index is 715. The zero-order valence-corrected chi connectivity index (χ0v) is 13.0. The fourth-order valence-corrected chi connectivity index (χ4v) is 3.80. The van der Waals surface area contributed by atoms with Crippen molar-refractivity contribution in [3.05, 3.63) is 34.9 Å². The number of likely N-dealkylation sites (tertiary alicyclic amines) is 1. The second-order valence-electron chi connectivity index (χ2n) is 6.61. The molecule has 6 nitrogen and oxygen atoms in total. The summed E-state index contributed by atoms with van der Waals surface area (Å²) in [6, 6.07) is 5.70. The number of benzene rings is 1. The lowest BCUT2D eigenvalue weighted by molar-refractivity contribution is 0.0692. The third-order valence-electron chi connectivity index (χ3n) is 5.15. The maximum atomic E-state index is 12.8. The number of nitrogens with zero attached hydrogens (tertiary/aromatic N) is 2. The highest BCUT2D eigenvalue weighted by Gasteiger charge is 2.35. The highest BCUT2D eigenvalue weighted by atomic mass is 16.2. The van der Waals surface area contributed by atoms with Gasteiger partial charge in [0.25, 0.3) is 17.7 Å². The summed E-state index contributed by atoms with van der Waals surface area (Å²) < 4.78 is 0. The molecule has 23 heavy (non-hydrogen) atoms. The minimum atomic E-state index is -0.337. The fourth-order valence-electron chi connectivity index (χ4n) is 3.80. The van der Waals surface area contributed by atoms with Gasteiger partial charge in [-0.1, -0.05) is 0 Å². The summed E-state index contributed by atoms with van der Waals surface area (Å²) in [4.78, 5) is 39.8. The average molecular weight is 313 g/mol. The van der Waals surface area contributed by atoms with Gasteiger partial charge in [0.2, 0.25) is 0 Å². The summed E-state index contributed by atoms with van der Waals surface area (Å²) in [7, 11) is 1.46. The number of carbonyl (C=O) groups excluding carboxylic acids is 3. The summed E-state index contributed by atoms with van der Waals surface area (Å²) >= 11 is 0. The van der Waals surface area contributed by atoms with Gasteiger partial charge in [-0.3, -0.25) is 19.3 Å². The molecule has 120 valence electrons. The van der Waals surface area contributed by atoms with E-state index in [0.29, 0.717) is 35.3 Å². The molecule has 3 heterocycles. The SMILES string of the molecule is CN1C(=O)c2ccc(C(=O)N3CCC4CCC(C3)N4)cc2C1=O. The minimum Gasteiger partial charge on any atom is -0.337 e. The molecular weight excluding hydrogens is 294 g/mol. The molecule has 2 bridgehead atoms. The van der Waals surface area contributed by atoms with Crippen LogP contribution in [0, 0.1) is 0 Å². The molecule has 3 amide bonds. The summed E-state index contributed by atoms with van der Waals surface area (Å²) in [5.74, 6) is -0.700. The van der Waals surface area contributed by atoms with Crippen molar-refractivity contribution in [2.75, 3.05) is 20.1 Å². The van der Waals surface area contributed by atoms with Crippen molar-refractivity contribution in [2.24, 2.45) is 0 Å². The first-order chi connectivity index (χ1) is 11.0. The number of hydrogen-bond acceptors (Lipinski definition) is 4. The molecule has 0 spiro atoms. The van der Waals surface area contributed by atoms with Gasteiger partial charge in [-0.25, -0.2) is 0 Å². The Balaban J connectivity index is 1.60. The molecule has 4 rings (SSSR count). The van der Waals surface area contributed by atoms with Gasteiger partial charge in [0.1, 0.15) is 0 Å². The summed E-state index contributed by atoms with van der Waals surface area (Å²) in [5.41, 5.74) is 1.20. The van der Waals surface area contributed by atoms with Gasteiger partial charge in [0.15, 0.2) is 0 Å². The van der Waals surface area contributed by atoms with Gasteiger partial charge in [0, 0.05) is 37.8 Å². The third kappa shape index (κ3) is 2.25. The van der Waals surface area contributed by atoms with Gasteiger partial charge in [-0.05, 0) is 37.5 Å². The molecule has 2 unspecified atom stereocenters. The van der Waals surface area contributed by atoms with Gasteiger partial charge in [-0.15, -0.1) is 0 Å². The molecule has 0 aliphatic carbocycles. The van der Waals surface area contributed by atoms with Crippen molar-refractivity contribution >= 4 is 17.7 Å². The number of imide groups is 1. The molecule has 3 aliphatic heterocycles. The second-order valence-corrected chi connectivity index (χ2v) is 6.61. The molecule has 3 aliphatic rings. The molecule has 2 atom stereocenters. The van der Waals surface area contributed by atoms with E-state index >= 15 is 0 Å². The average Bonchev–Trinajstić information content (AvgIpc) is 2.99. The highest BCUT2D eigenvalue weighted by Crippen LogP contribution is 2.25. The normalized spacial score (nSPS) is 26.5. The van der Waals surface area contributed by atoms with Crippen LogP contribution in [0.2, 0.25) is 0 Å². The quantitative estimate of drug-likeness (QED) is 0.782. The Morgan fingerprint density at radius 1 is 1.09 bits per heavy atom. The van der Waals surface area contributed by atoms with Crippen molar-refractivity contribution in [2.45, 2.75) is 31.3 Å². The van der Waals surface area contributed by atoms with Gasteiger partial charge >= 0.3 is 0 Å². The van der Waals surface area contributed by atoms with Gasteiger partial charge < -0.3 is 10.2 Å². The molecule has 0 saturated carbocycles. The van der Waals surface area contributed by atoms with Crippen LogP contribution in [0.3, 0.4) is 0 Å². The molecule has 1 aromatic carbocycles. The van der Waals surface area contributed by atoms with Crippen molar-refractivity contribution in [1.29, 1.82) is 0 Å². The molecule has 0 aromatic heterocycles. The predicted octanol–water partition coefficient (Wildman–Crippen LogP) is 0.879. The lowest BCUT2D eigenvalue weighted by atomic mass is 10.0. The van der Waals surface area contributed by atoms with E-state index in [2.05, 4.69) is 5.32 Å². The van der Waals surface area contributed by atoms with E-state index in [1.165, 1.54) is 13.5 Å². The van der Waals surface area contributed by atoms with Crippen LogP contribution in [0.25, 0.3) is 0 Å². The van der Waals surface area contributed by atoms with Crippen LogP contribution < -0.4 is 5.32 Å². The Morgan fingerprint density at radius 2 is 1.83 bits per heavy atom. The lowest BCUT2D eigenvalue weighted by Crippen LogP contribution is -2.39. The smallest absolute Gasteiger partial charge is 0.261 e. The zero-order valence-electron chi connectivity index (χ0n) is 13.0. The zero-order chi connectivity index (χ0) is 16.1. The van der Waals surface area contributed by atoms with E-state index in [1.54, 1.807) is 18.2 Å². The molecule has 6 heteroatoms. The number of nitrogens with one attached hydrogen (secondary N) is 1. The largest absolute Gasteiger partial charge is 0.337 e. The fraction of sp³-hybridized carbons (Fsp3) is 0.471. The Morgan fingerprint density at radius 3 is 2.65 bits per heavy atom. The van der Waals surface area contributed by atoms with Crippen molar-refractivity contribution in [3.63, 3.8) is 0 Å². The monoisotopic (exact) mass is 313 g/mol. The van der Waals surface area contributed by atoms with E-state index in [9.17, 15) is 14.4 Å². The molecule has 1 aromatic rings. The van der Waals surface area contributed by atoms with E-state index in [0.717, 1.165) is 24.3 Å². The summed E-state index contributed by atoms with van der Waals surface area (Å²) in [6.07, 6.45) is 3.26. The third-order valence-corrected chi connectivity index (χ3v) is 5.15. The Hall–Kier alpha value is -2.21. The Kier molecular flexibility index (Phi) is 3.23. The summed E-state index contributed by atoms with van der Waals surface area (Å²) in [6.45, 7) is 1.44. The van der Waals surface area contributed by atoms with Gasteiger partial charge in [-0.2, -0.15) is 0 Å². The topological polar surface area (TPSA) is 69.7 Å². The predicted molar refractivity (Wildman–Crippen MR) is 83.3 cm³/mol. The van der Waals surface area contributed by atoms with E-state index in [1.807, 2.05) is 4.90 Å². The molecule has 2 fully saturated rings. The second kappa shape index (κ2) is 5.16. The first-order valence-electron chi connectivity index (χ1n) is 8.06. The van der Waals surface area contributed by atoms with Crippen LogP contribution in [0.15, 0.2) is 18.2 Å². The van der Waals surface area contributed by atoms with Crippen LogP contribution in [0.4, 0.5) is 0 Å². The van der Waals surface area contributed by atoms with Gasteiger partial charge in [0.05, 0.1) is 11.1 Å². The Labute approximate surface area is 134 Å². The minimum absolute atomic E-state index is 0.0584. The van der Waals surface area contributed by atoms with Crippen LogP contribution in [0.1, 0.15) is 50.3 Å². The van der Waals surface area contributed by atoms with E-state index in [4.69, 9.17) is 0 Å². The summed E-state index contributed by atoms with van der Waals surface area (Å²) in [5, 5.41) is 3.55. The van der Waals surface area contributed by atoms with E-state index < -0.39 is 0 Å². The van der Waals surface area contributed by atoms with Crippen LogP contribution in [-0.2, 0) is 0 Å². The number of fused-ring (bicyclic) bond motifs is 3. The van der Waals surface area contributed by atoms with Crippen LogP contribution in [0.5, 0.6) is 0 Å². The van der Waals surface area contributed by atoms with Crippen molar-refractivity contribution < 1.29 is 14.4 Å². The molecule has 1 N–H and O–H groups in total. The number of amides is 3. The molecule has 2 saturated heterocycles. The maximum absolute atomic E-state index is 12.8. The van der Waals surface area contributed by atoms with Crippen LogP contribution in [-0.4, -0.2) is 59.7 Å². The standard InChI is InChI=1S/C17H19N3O3/c1-19-16(22)13-5-2-10(8-14(13)17(19)23)15(21)20-7-6-11-3-4-12(9-20)18-11/h2,5,8,11-12,18H,3-4,6-7,9H2,1H3. The maximum Gasteiger partial charge on any atom is 0.261 e. The number of rotatable bonds is 1. The van der Waals surface area contributed by atoms with Crippen molar-refractivity contribution in [3.8, 4) is 0 Å². The van der Waals surface area contributed by atoms with E-state index in [-0.39, 0.29) is 17.7 Å². The van der Waals surface area contributed by atoms with Crippen LogP contribution >= 0.6 is 0 Å². The molecular formula is C17H19N3O3. The first kappa shape index (κ1) is 14.4. The molecule has 0 radical (unpaired) electrons. The first-order valence-corrected chi connectivity index (χ1v) is 8.06. The highest BCUT2D eigenvalue weighted by molar-refractivity contribution is 6.21. The number of hydrogen-bond donors (Lipinski definition) is 1. The van der Waals surface area contributed by atoms with Crippen molar-refractivity contribution in [1.82, 2.24) is 15.1 Å². The lowest BCUT2D eigenvalue weighted by Gasteiger charge is -2.24. The number of carbonyl (C=O) groups is 3.